The number of pyridine rings is 1. The van der Waals surface area contributed by atoms with Gasteiger partial charge >= 0.3 is 0 Å². The van der Waals surface area contributed by atoms with Gasteiger partial charge < -0.3 is 14.8 Å². The molecule has 5 rings (SSSR count). The summed E-state index contributed by atoms with van der Waals surface area (Å²) in [7, 11) is 0. The van der Waals surface area contributed by atoms with Crippen LogP contribution in [0.1, 0.15) is 38.2 Å². The van der Waals surface area contributed by atoms with E-state index in [0.717, 1.165) is 23.6 Å². The van der Waals surface area contributed by atoms with Gasteiger partial charge in [-0.25, -0.2) is 4.98 Å². The van der Waals surface area contributed by atoms with E-state index in [4.69, 9.17) is 9.47 Å². The number of nitrogens with one attached hydrogen (secondary N) is 2. The molecule has 0 bridgehead atoms. The number of piperidine rings is 1. The second kappa shape index (κ2) is 5.41. The van der Waals surface area contributed by atoms with Gasteiger partial charge in [0, 0.05) is 17.3 Å². The van der Waals surface area contributed by atoms with E-state index in [-0.39, 0.29) is 11.8 Å². The van der Waals surface area contributed by atoms with E-state index < -0.39 is 0 Å². The molecule has 2 N–H and O–H groups in total. The predicted octanol–water partition coefficient (Wildman–Crippen LogP) is 1.90. The minimum atomic E-state index is -0.125. The molecule has 4 fully saturated rings. The quantitative estimate of drug-likeness (QED) is 0.748. The maximum atomic E-state index is 6.08. The molecule has 0 spiro atoms. The molecule has 3 heterocycles. The summed E-state index contributed by atoms with van der Waals surface area (Å²) in [6.45, 7) is 7.33. The van der Waals surface area contributed by atoms with Crippen molar-refractivity contribution in [3.63, 3.8) is 0 Å². The summed E-state index contributed by atoms with van der Waals surface area (Å²) < 4.78 is 12.0. The maximum Gasteiger partial charge on any atom is 0.216 e. The summed E-state index contributed by atoms with van der Waals surface area (Å²) >= 11 is 0. The third-order valence-corrected chi connectivity index (χ3v) is 5.98. The zero-order valence-corrected chi connectivity index (χ0v) is 14.5. The fourth-order valence-corrected chi connectivity index (χ4v) is 4.39. The monoisotopic (exact) mass is 329 g/mol. The Bertz CT molecular complexity index is 621. The van der Waals surface area contributed by atoms with Crippen molar-refractivity contribution in [2.75, 3.05) is 19.7 Å². The predicted molar refractivity (Wildman–Crippen MR) is 90.9 cm³/mol. The highest BCUT2D eigenvalue weighted by Gasteiger charge is 2.64. The van der Waals surface area contributed by atoms with Crippen LogP contribution in [-0.2, 0) is 4.74 Å². The van der Waals surface area contributed by atoms with Crippen LogP contribution < -0.4 is 15.4 Å². The van der Waals surface area contributed by atoms with Gasteiger partial charge in [-0.05, 0) is 69.5 Å². The van der Waals surface area contributed by atoms with Crippen molar-refractivity contribution in [2.24, 2.45) is 17.8 Å². The Balaban J connectivity index is 1.14. The van der Waals surface area contributed by atoms with Gasteiger partial charge in [0.1, 0.15) is 18.9 Å². The van der Waals surface area contributed by atoms with Gasteiger partial charge in [-0.2, -0.15) is 0 Å². The molecule has 5 heteroatoms. The largest absolute Gasteiger partial charge is 0.476 e. The summed E-state index contributed by atoms with van der Waals surface area (Å²) in [4.78, 5) is 4.44. The molecular formula is C19H27N3O2. The molecule has 5 nitrogen and oxygen atoms in total. The van der Waals surface area contributed by atoms with E-state index in [9.17, 15) is 0 Å². The number of epoxide rings is 1. The minimum absolute atomic E-state index is 0.125. The number of hydrogen-bond donors (Lipinski definition) is 2. The summed E-state index contributed by atoms with van der Waals surface area (Å²) in [6.07, 6.45) is 4.96. The number of aromatic nitrogens is 1. The molecule has 0 radical (unpaired) electrons. The molecular weight excluding hydrogens is 302 g/mol. The van der Waals surface area contributed by atoms with Crippen LogP contribution in [0.15, 0.2) is 18.3 Å². The second-order valence-corrected chi connectivity index (χ2v) is 8.57. The summed E-state index contributed by atoms with van der Waals surface area (Å²) in [6, 6.07) is 4.16. The zero-order valence-electron chi connectivity index (χ0n) is 14.5. The van der Waals surface area contributed by atoms with Crippen molar-refractivity contribution in [2.45, 2.75) is 50.5 Å². The first-order chi connectivity index (χ1) is 11.6. The fraction of sp³-hybridized carbons (Fsp3) is 0.737. The van der Waals surface area contributed by atoms with Crippen LogP contribution in [0.3, 0.4) is 0 Å². The van der Waals surface area contributed by atoms with Gasteiger partial charge in [-0.3, -0.25) is 5.32 Å². The van der Waals surface area contributed by atoms with E-state index >= 15 is 0 Å². The van der Waals surface area contributed by atoms with Crippen LogP contribution in [0.25, 0.3) is 0 Å². The lowest BCUT2D eigenvalue weighted by molar-refractivity contribution is 0.180. The van der Waals surface area contributed by atoms with Crippen LogP contribution in [0, 0.1) is 17.8 Å². The highest BCUT2D eigenvalue weighted by Crippen LogP contribution is 2.56. The van der Waals surface area contributed by atoms with Gasteiger partial charge in [-0.15, -0.1) is 0 Å². The zero-order chi connectivity index (χ0) is 16.3. The smallest absolute Gasteiger partial charge is 0.216 e. The van der Waals surface area contributed by atoms with E-state index in [1.54, 1.807) is 0 Å². The molecule has 2 saturated heterocycles. The van der Waals surface area contributed by atoms with Gasteiger partial charge in [0.25, 0.3) is 0 Å². The molecule has 4 aliphatic rings. The lowest BCUT2D eigenvalue weighted by Gasteiger charge is -2.26. The Morgan fingerprint density at radius 2 is 2.12 bits per heavy atom. The molecule has 4 unspecified atom stereocenters. The number of hydrogen-bond acceptors (Lipinski definition) is 5. The first kappa shape index (κ1) is 15.1. The molecule has 24 heavy (non-hydrogen) atoms. The van der Waals surface area contributed by atoms with E-state index in [1.165, 1.54) is 31.5 Å². The number of fused-ring (bicyclic) bond motifs is 1. The van der Waals surface area contributed by atoms with Crippen molar-refractivity contribution < 1.29 is 9.47 Å². The average molecular weight is 329 g/mol. The Kier molecular flexibility index (Phi) is 3.41. The third kappa shape index (κ3) is 2.83. The molecule has 2 aliphatic carbocycles. The number of nitrogens with zero attached hydrogens (tertiary/aromatic N) is 1. The Labute approximate surface area is 143 Å². The highest BCUT2D eigenvalue weighted by molar-refractivity contribution is 5.32. The first-order valence-corrected chi connectivity index (χ1v) is 9.34. The summed E-state index contributed by atoms with van der Waals surface area (Å²) in [5, 5.41) is 7.08. The fourth-order valence-electron chi connectivity index (χ4n) is 4.39. The van der Waals surface area contributed by atoms with Gasteiger partial charge in [-0.1, -0.05) is 6.07 Å². The summed E-state index contributed by atoms with van der Waals surface area (Å²) in [5.74, 6) is 3.96. The Morgan fingerprint density at radius 1 is 1.33 bits per heavy atom. The number of ether oxygens (including phenoxy) is 2. The topological polar surface area (TPSA) is 58.7 Å². The molecule has 2 saturated carbocycles. The van der Waals surface area contributed by atoms with Crippen LogP contribution in [0.2, 0.25) is 0 Å². The molecule has 0 aromatic carbocycles. The van der Waals surface area contributed by atoms with Crippen molar-refractivity contribution in [1.29, 1.82) is 0 Å². The van der Waals surface area contributed by atoms with E-state index in [2.05, 4.69) is 35.5 Å². The van der Waals surface area contributed by atoms with Crippen LogP contribution in [0.4, 0.5) is 0 Å². The van der Waals surface area contributed by atoms with Crippen LogP contribution in [0.5, 0.6) is 5.88 Å². The van der Waals surface area contributed by atoms with E-state index in [1.807, 2.05) is 12.3 Å². The summed E-state index contributed by atoms with van der Waals surface area (Å²) in [5.41, 5.74) is 1.15. The van der Waals surface area contributed by atoms with Crippen LogP contribution >= 0.6 is 0 Å². The Hall–Kier alpha value is -1.17. The average Bonchev–Trinajstić information content (AvgIpc) is 3.48. The van der Waals surface area contributed by atoms with Crippen molar-refractivity contribution in [3.8, 4) is 5.88 Å². The van der Waals surface area contributed by atoms with Gasteiger partial charge in [0.05, 0.1) is 0 Å². The standard InChI is InChI=1S/C19H27N3O2/c1-19(2,10-23-17-12(11-5-6-11)4-3-7-21-17)22-18-16(24-18)15-13-8-20-9-14(13)15/h3-4,7,11,13-16,18,20,22H,5-6,8-10H2,1-2H3/t13-,14?,15?,16?,18?/m0/s1. The molecule has 1 aromatic heterocycles. The molecule has 0 amide bonds. The van der Waals surface area contributed by atoms with E-state index in [0.29, 0.717) is 18.6 Å². The molecule has 130 valence electrons. The normalized spacial score (nSPS) is 37.2. The van der Waals surface area contributed by atoms with Gasteiger partial charge in [0.2, 0.25) is 5.88 Å². The van der Waals surface area contributed by atoms with Crippen molar-refractivity contribution in [1.82, 2.24) is 15.6 Å². The lowest BCUT2D eigenvalue weighted by Crippen LogP contribution is -2.47. The highest BCUT2D eigenvalue weighted by atomic mass is 16.6. The molecule has 2 aliphatic heterocycles. The maximum absolute atomic E-state index is 6.08. The minimum Gasteiger partial charge on any atom is -0.476 e. The first-order valence-electron chi connectivity index (χ1n) is 9.34. The third-order valence-electron chi connectivity index (χ3n) is 5.98. The van der Waals surface area contributed by atoms with Gasteiger partial charge in [0.15, 0.2) is 0 Å². The second-order valence-electron chi connectivity index (χ2n) is 8.57. The molecule has 1 aromatic rings. The van der Waals surface area contributed by atoms with Crippen LogP contribution in [-0.4, -0.2) is 42.6 Å². The SMILES string of the molecule is CC(C)(COc1ncccc1C1CC1)NC1OC1C1C2CNC[C@@H]21. The molecule has 5 atom stereocenters. The lowest BCUT2D eigenvalue weighted by atomic mass is 10.1. The van der Waals surface area contributed by atoms with Crippen molar-refractivity contribution >= 4 is 0 Å². The van der Waals surface area contributed by atoms with Crippen molar-refractivity contribution in [3.05, 3.63) is 23.9 Å². The Morgan fingerprint density at radius 3 is 2.88 bits per heavy atom. The number of rotatable bonds is 7.